The molecule has 1 N–H and O–H groups in total. The molecule has 0 atom stereocenters. The van der Waals surface area contributed by atoms with Gasteiger partial charge in [0, 0.05) is 29.4 Å². The Kier molecular flexibility index (Phi) is 8.50. The Hall–Kier alpha value is -1.32. The van der Waals surface area contributed by atoms with Crippen molar-refractivity contribution in [3.63, 3.8) is 0 Å². The molecule has 1 heterocycles. The van der Waals surface area contributed by atoms with E-state index in [0.29, 0.717) is 6.61 Å². The van der Waals surface area contributed by atoms with E-state index in [0.717, 1.165) is 58.4 Å². The number of halogens is 1. The van der Waals surface area contributed by atoms with Crippen LogP contribution in [0.2, 0.25) is 0 Å². The van der Waals surface area contributed by atoms with Crippen LogP contribution in [0.1, 0.15) is 25.3 Å². The van der Waals surface area contributed by atoms with Gasteiger partial charge in [0.25, 0.3) is 0 Å². The summed E-state index contributed by atoms with van der Waals surface area (Å²) in [7, 11) is 3.51. The molecule has 0 unspecified atom stereocenters. The fourth-order valence-electron chi connectivity index (χ4n) is 2.20. The van der Waals surface area contributed by atoms with E-state index < -0.39 is 0 Å². The number of thioether (sulfide) groups is 1. The summed E-state index contributed by atoms with van der Waals surface area (Å²) in [6.07, 6.45) is 1.98. The SMILES string of the molecule is CCCOc1c(CNCCCSc2nnnn2C)cc(Br)cc1OC. The van der Waals surface area contributed by atoms with Gasteiger partial charge in [0.05, 0.1) is 13.7 Å². The van der Waals surface area contributed by atoms with Crippen LogP contribution in [0.5, 0.6) is 11.5 Å². The summed E-state index contributed by atoms with van der Waals surface area (Å²) >= 11 is 5.19. The summed E-state index contributed by atoms with van der Waals surface area (Å²) in [5.41, 5.74) is 1.09. The smallest absolute Gasteiger partial charge is 0.209 e. The Morgan fingerprint density at radius 1 is 1.36 bits per heavy atom. The molecule has 0 fully saturated rings. The third-order valence-corrected chi connectivity index (χ3v) is 4.95. The number of hydrogen-bond donors (Lipinski definition) is 1. The minimum absolute atomic E-state index is 0.674. The zero-order chi connectivity index (χ0) is 18.1. The fourth-order valence-corrected chi connectivity index (χ4v) is 3.47. The second-order valence-corrected chi connectivity index (χ2v) is 7.39. The van der Waals surface area contributed by atoms with Gasteiger partial charge in [-0.05, 0) is 41.9 Å². The molecule has 138 valence electrons. The maximum absolute atomic E-state index is 5.89. The molecule has 9 heteroatoms. The van der Waals surface area contributed by atoms with Gasteiger partial charge >= 0.3 is 0 Å². The summed E-state index contributed by atoms with van der Waals surface area (Å²) in [6, 6.07) is 4.00. The average Bonchev–Trinajstić information content (AvgIpc) is 3.01. The van der Waals surface area contributed by atoms with Gasteiger partial charge in [0.2, 0.25) is 5.16 Å². The Balaban J connectivity index is 1.82. The van der Waals surface area contributed by atoms with E-state index in [2.05, 4.69) is 49.8 Å². The largest absolute Gasteiger partial charge is 0.493 e. The predicted octanol–water partition coefficient (Wildman–Crippen LogP) is 3.04. The number of benzene rings is 1. The second-order valence-electron chi connectivity index (χ2n) is 5.41. The van der Waals surface area contributed by atoms with E-state index in [1.807, 2.05) is 13.1 Å². The molecule has 0 radical (unpaired) electrons. The third-order valence-electron chi connectivity index (χ3n) is 3.39. The van der Waals surface area contributed by atoms with Crippen molar-refractivity contribution < 1.29 is 9.47 Å². The molecule has 0 bridgehead atoms. The van der Waals surface area contributed by atoms with Crippen LogP contribution in [0.4, 0.5) is 0 Å². The number of aryl methyl sites for hydroxylation is 1. The molecule has 0 spiro atoms. The van der Waals surface area contributed by atoms with Gasteiger partial charge in [-0.2, -0.15) is 0 Å². The molecule has 1 aromatic heterocycles. The van der Waals surface area contributed by atoms with Gasteiger partial charge in [-0.15, -0.1) is 5.10 Å². The highest BCUT2D eigenvalue weighted by Gasteiger charge is 2.12. The lowest BCUT2D eigenvalue weighted by molar-refractivity contribution is 0.290. The van der Waals surface area contributed by atoms with Crippen LogP contribution in [0.3, 0.4) is 0 Å². The number of tetrazole rings is 1. The standard InChI is InChI=1S/C16H24BrN5O2S/c1-4-7-24-15-12(9-13(17)10-14(15)23-3)11-18-6-5-8-25-16-19-20-21-22(16)2/h9-10,18H,4-8,11H2,1-3H3. The highest BCUT2D eigenvalue weighted by molar-refractivity contribution is 9.10. The zero-order valence-electron chi connectivity index (χ0n) is 14.8. The van der Waals surface area contributed by atoms with Crippen LogP contribution >= 0.6 is 27.7 Å². The van der Waals surface area contributed by atoms with E-state index in [1.165, 1.54) is 0 Å². The molecule has 25 heavy (non-hydrogen) atoms. The number of methoxy groups -OCH3 is 1. The number of hydrogen-bond acceptors (Lipinski definition) is 7. The van der Waals surface area contributed by atoms with Gasteiger partial charge in [-0.3, -0.25) is 0 Å². The molecular weight excluding hydrogens is 406 g/mol. The lowest BCUT2D eigenvalue weighted by Gasteiger charge is -2.16. The highest BCUT2D eigenvalue weighted by Crippen LogP contribution is 2.35. The van der Waals surface area contributed by atoms with Crippen LogP contribution in [0.15, 0.2) is 21.8 Å². The van der Waals surface area contributed by atoms with E-state index >= 15 is 0 Å². The molecule has 0 aliphatic rings. The molecule has 2 rings (SSSR count). The number of nitrogens with one attached hydrogen (secondary N) is 1. The van der Waals surface area contributed by atoms with Crippen molar-refractivity contribution in [2.45, 2.75) is 31.5 Å². The molecule has 1 aromatic carbocycles. The predicted molar refractivity (Wildman–Crippen MR) is 102 cm³/mol. The van der Waals surface area contributed by atoms with Crippen LogP contribution in [-0.2, 0) is 13.6 Å². The minimum atomic E-state index is 0.674. The first kappa shape index (κ1) is 20.0. The number of nitrogens with zero attached hydrogens (tertiary/aromatic N) is 4. The van der Waals surface area contributed by atoms with Gasteiger partial charge in [-0.1, -0.05) is 34.6 Å². The molecule has 0 aliphatic heterocycles. The topological polar surface area (TPSA) is 74.1 Å². The summed E-state index contributed by atoms with van der Waals surface area (Å²) in [5.74, 6) is 2.53. The molecule has 2 aromatic rings. The van der Waals surface area contributed by atoms with Crippen molar-refractivity contribution in [1.82, 2.24) is 25.5 Å². The van der Waals surface area contributed by atoms with E-state index in [4.69, 9.17) is 9.47 Å². The summed E-state index contributed by atoms with van der Waals surface area (Å²) in [5, 5.41) is 15.7. The van der Waals surface area contributed by atoms with Gasteiger partial charge in [0.1, 0.15) is 0 Å². The Morgan fingerprint density at radius 3 is 2.88 bits per heavy atom. The summed E-state index contributed by atoms with van der Waals surface area (Å²) in [6.45, 7) is 4.40. The maximum atomic E-state index is 5.89. The quantitative estimate of drug-likeness (QED) is 0.434. The van der Waals surface area contributed by atoms with Crippen molar-refractivity contribution in [3.8, 4) is 11.5 Å². The summed E-state index contributed by atoms with van der Waals surface area (Å²) < 4.78 is 14.0. The Labute approximate surface area is 161 Å². The van der Waals surface area contributed by atoms with Crippen molar-refractivity contribution in [2.75, 3.05) is 26.0 Å². The fraction of sp³-hybridized carbons (Fsp3) is 0.562. The van der Waals surface area contributed by atoms with Crippen molar-refractivity contribution >= 4 is 27.7 Å². The first-order valence-corrected chi connectivity index (χ1v) is 9.98. The van der Waals surface area contributed by atoms with Gasteiger partial charge < -0.3 is 14.8 Å². The molecule has 0 saturated carbocycles. The highest BCUT2D eigenvalue weighted by atomic mass is 79.9. The molecule has 0 amide bonds. The third kappa shape index (κ3) is 6.16. The van der Waals surface area contributed by atoms with Crippen LogP contribution in [0, 0.1) is 0 Å². The molecule has 0 saturated heterocycles. The number of ether oxygens (including phenoxy) is 2. The number of rotatable bonds is 11. The monoisotopic (exact) mass is 429 g/mol. The average molecular weight is 430 g/mol. The van der Waals surface area contributed by atoms with E-state index in [9.17, 15) is 0 Å². The number of aromatic nitrogens is 4. The van der Waals surface area contributed by atoms with Crippen molar-refractivity contribution in [2.24, 2.45) is 7.05 Å². The maximum Gasteiger partial charge on any atom is 0.209 e. The lowest BCUT2D eigenvalue weighted by atomic mass is 10.2. The van der Waals surface area contributed by atoms with Crippen LogP contribution in [0.25, 0.3) is 0 Å². The molecular formula is C16H24BrN5O2S. The minimum Gasteiger partial charge on any atom is -0.493 e. The summed E-state index contributed by atoms with van der Waals surface area (Å²) in [4.78, 5) is 0. The van der Waals surface area contributed by atoms with Gasteiger partial charge in [-0.25, -0.2) is 4.68 Å². The van der Waals surface area contributed by atoms with Crippen LogP contribution in [-0.4, -0.2) is 46.2 Å². The van der Waals surface area contributed by atoms with Crippen LogP contribution < -0.4 is 14.8 Å². The second kappa shape index (κ2) is 10.6. The zero-order valence-corrected chi connectivity index (χ0v) is 17.2. The normalized spacial score (nSPS) is 10.9. The molecule has 0 aliphatic carbocycles. The Bertz CT molecular complexity index is 668. The van der Waals surface area contributed by atoms with Crippen molar-refractivity contribution in [3.05, 3.63) is 22.2 Å². The van der Waals surface area contributed by atoms with E-state index in [1.54, 1.807) is 23.6 Å². The van der Waals surface area contributed by atoms with Gasteiger partial charge in [0.15, 0.2) is 11.5 Å². The molecule has 7 nitrogen and oxygen atoms in total. The lowest BCUT2D eigenvalue weighted by Crippen LogP contribution is -2.16. The first-order valence-electron chi connectivity index (χ1n) is 8.20. The Morgan fingerprint density at radius 2 is 2.20 bits per heavy atom. The van der Waals surface area contributed by atoms with Crippen molar-refractivity contribution in [1.29, 1.82) is 0 Å². The first-order chi connectivity index (χ1) is 12.2. The van der Waals surface area contributed by atoms with E-state index in [-0.39, 0.29) is 0 Å².